The number of unbranched alkanes of at least 4 members (excludes halogenated alkanes) is 1. The molecular formula is C17H28O3S. The second kappa shape index (κ2) is 8.04. The van der Waals surface area contributed by atoms with E-state index in [4.69, 9.17) is 14.2 Å². The topological polar surface area (TPSA) is 27.7 Å². The molecule has 0 bridgehead atoms. The van der Waals surface area contributed by atoms with Gasteiger partial charge in [-0.1, -0.05) is 40.0 Å². The van der Waals surface area contributed by atoms with Gasteiger partial charge in [0.25, 0.3) is 0 Å². The van der Waals surface area contributed by atoms with E-state index in [0.717, 1.165) is 18.1 Å². The smallest absolute Gasteiger partial charge is 0.171 e. The Kier molecular flexibility index (Phi) is 6.37. The number of ether oxygens (including phenoxy) is 3. The van der Waals surface area contributed by atoms with Crippen LogP contribution in [0.1, 0.15) is 46.5 Å². The molecule has 0 saturated carbocycles. The lowest BCUT2D eigenvalue weighted by Gasteiger charge is -2.27. The van der Waals surface area contributed by atoms with Gasteiger partial charge in [-0.25, -0.2) is 0 Å². The van der Waals surface area contributed by atoms with Gasteiger partial charge < -0.3 is 14.2 Å². The summed E-state index contributed by atoms with van der Waals surface area (Å²) >= 11 is 1.62. The minimum absolute atomic E-state index is 0.0697. The minimum atomic E-state index is -0.0697. The van der Waals surface area contributed by atoms with Crippen LogP contribution in [0.5, 0.6) is 11.5 Å². The maximum Gasteiger partial charge on any atom is 0.171 e. The van der Waals surface area contributed by atoms with Crippen molar-refractivity contribution in [3.8, 4) is 11.5 Å². The Morgan fingerprint density at radius 3 is 2.48 bits per heavy atom. The molecule has 120 valence electrons. The van der Waals surface area contributed by atoms with Crippen molar-refractivity contribution in [1.82, 2.24) is 0 Å². The predicted molar refractivity (Wildman–Crippen MR) is 87.5 cm³/mol. The van der Waals surface area contributed by atoms with Gasteiger partial charge in [-0.15, -0.1) is 11.3 Å². The van der Waals surface area contributed by atoms with Gasteiger partial charge >= 0.3 is 0 Å². The molecule has 2 rings (SSSR count). The van der Waals surface area contributed by atoms with E-state index in [1.54, 1.807) is 11.3 Å². The first-order valence-electron chi connectivity index (χ1n) is 8.06. The Hall–Kier alpha value is -0.740. The van der Waals surface area contributed by atoms with Gasteiger partial charge in [0, 0.05) is 17.4 Å². The van der Waals surface area contributed by atoms with Gasteiger partial charge in [-0.3, -0.25) is 0 Å². The molecule has 1 aliphatic heterocycles. The van der Waals surface area contributed by atoms with Crippen LogP contribution in [0.25, 0.3) is 0 Å². The first kappa shape index (κ1) is 16.6. The number of thiophene rings is 1. The van der Waals surface area contributed by atoms with E-state index in [9.17, 15) is 0 Å². The Morgan fingerprint density at radius 2 is 1.90 bits per heavy atom. The van der Waals surface area contributed by atoms with Crippen LogP contribution in [0.4, 0.5) is 0 Å². The van der Waals surface area contributed by atoms with Gasteiger partial charge in [-0.05, 0) is 12.3 Å². The molecule has 1 unspecified atom stereocenters. The Morgan fingerprint density at radius 1 is 1.24 bits per heavy atom. The fourth-order valence-corrected chi connectivity index (χ4v) is 3.17. The van der Waals surface area contributed by atoms with Crippen LogP contribution in [0.15, 0.2) is 10.8 Å². The standard InChI is InChI=1S/C17H28O3S/c1-4-6-7-14(5-2)8-18-11-17(3)12-19-15-9-21-10-16(15)20-13-17/h9-10,14H,4-8,11-13H2,1-3H3. The molecule has 0 N–H and O–H groups in total. The lowest BCUT2D eigenvalue weighted by atomic mass is 9.94. The maximum atomic E-state index is 6.00. The highest BCUT2D eigenvalue weighted by molar-refractivity contribution is 7.08. The third kappa shape index (κ3) is 4.89. The second-order valence-electron chi connectivity index (χ2n) is 6.42. The summed E-state index contributed by atoms with van der Waals surface area (Å²) in [6, 6.07) is 0. The molecule has 3 nitrogen and oxygen atoms in total. The van der Waals surface area contributed by atoms with Crippen molar-refractivity contribution in [2.75, 3.05) is 26.4 Å². The zero-order valence-corrected chi connectivity index (χ0v) is 14.3. The lowest BCUT2D eigenvalue weighted by molar-refractivity contribution is -0.00731. The highest BCUT2D eigenvalue weighted by Crippen LogP contribution is 2.36. The molecular weight excluding hydrogens is 284 g/mol. The Bertz CT molecular complexity index is 393. The number of fused-ring (bicyclic) bond motifs is 1. The molecule has 0 saturated heterocycles. The Labute approximate surface area is 132 Å². The van der Waals surface area contributed by atoms with Crippen LogP contribution in [0.3, 0.4) is 0 Å². The van der Waals surface area contributed by atoms with E-state index >= 15 is 0 Å². The molecule has 1 aliphatic rings. The van der Waals surface area contributed by atoms with Crippen molar-refractivity contribution < 1.29 is 14.2 Å². The van der Waals surface area contributed by atoms with Crippen molar-refractivity contribution in [2.24, 2.45) is 11.3 Å². The minimum Gasteiger partial charge on any atom is -0.488 e. The zero-order chi connectivity index (χ0) is 15.1. The summed E-state index contributed by atoms with van der Waals surface area (Å²) < 4.78 is 17.7. The molecule has 0 radical (unpaired) electrons. The van der Waals surface area contributed by atoms with Crippen molar-refractivity contribution in [1.29, 1.82) is 0 Å². The van der Waals surface area contributed by atoms with Gasteiger partial charge in [0.05, 0.1) is 25.2 Å². The van der Waals surface area contributed by atoms with Gasteiger partial charge in [-0.2, -0.15) is 0 Å². The number of hydrogen-bond donors (Lipinski definition) is 0. The zero-order valence-electron chi connectivity index (χ0n) is 13.5. The third-order valence-electron chi connectivity index (χ3n) is 4.09. The predicted octanol–water partition coefficient (Wildman–Crippen LogP) is 4.76. The molecule has 0 aliphatic carbocycles. The summed E-state index contributed by atoms with van der Waals surface area (Å²) in [7, 11) is 0. The van der Waals surface area contributed by atoms with Crippen LogP contribution < -0.4 is 9.47 Å². The summed E-state index contributed by atoms with van der Waals surface area (Å²) in [6.45, 7) is 9.53. The average Bonchev–Trinajstić information content (AvgIpc) is 2.88. The van der Waals surface area contributed by atoms with Crippen LogP contribution in [-0.2, 0) is 4.74 Å². The fraction of sp³-hybridized carbons (Fsp3) is 0.765. The molecule has 0 fully saturated rings. The monoisotopic (exact) mass is 312 g/mol. The molecule has 1 aromatic heterocycles. The molecule has 2 heterocycles. The van der Waals surface area contributed by atoms with Gasteiger partial charge in [0.2, 0.25) is 0 Å². The van der Waals surface area contributed by atoms with Crippen LogP contribution in [0, 0.1) is 11.3 Å². The highest BCUT2D eigenvalue weighted by atomic mass is 32.1. The summed E-state index contributed by atoms with van der Waals surface area (Å²) in [4.78, 5) is 0. The molecule has 4 heteroatoms. The molecule has 0 spiro atoms. The largest absolute Gasteiger partial charge is 0.488 e. The molecule has 21 heavy (non-hydrogen) atoms. The maximum absolute atomic E-state index is 6.00. The second-order valence-corrected chi connectivity index (χ2v) is 7.16. The normalized spacial score (nSPS) is 18.2. The lowest BCUT2D eigenvalue weighted by Crippen LogP contribution is -2.35. The summed E-state index contributed by atoms with van der Waals surface area (Å²) in [5, 5.41) is 4.00. The van der Waals surface area contributed by atoms with E-state index in [1.165, 1.54) is 25.7 Å². The average molecular weight is 312 g/mol. The quantitative estimate of drug-likeness (QED) is 0.692. The fourth-order valence-electron chi connectivity index (χ4n) is 2.48. The van der Waals surface area contributed by atoms with Gasteiger partial charge in [0.15, 0.2) is 11.5 Å². The van der Waals surface area contributed by atoms with Crippen LogP contribution >= 0.6 is 11.3 Å². The molecule has 0 amide bonds. The number of rotatable bonds is 8. The van der Waals surface area contributed by atoms with E-state index in [-0.39, 0.29) is 5.41 Å². The number of hydrogen-bond acceptors (Lipinski definition) is 4. The van der Waals surface area contributed by atoms with E-state index < -0.39 is 0 Å². The highest BCUT2D eigenvalue weighted by Gasteiger charge is 2.31. The van der Waals surface area contributed by atoms with Crippen molar-refractivity contribution in [3.63, 3.8) is 0 Å². The summed E-state index contributed by atoms with van der Waals surface area (Å²) in [5.74, 6) is 2.43. The molecule has 1 aromatic rings. The van der Waals surface area contributed by atoms with Crippen LogP contribution in [0.2, 0.25) is 0 Å². The SMILES string of the molecule is CCCCC(CC)COCC1(C)COc2cscc2OC1. The van der Waals surface area contributed by atoms with Crippen molar-refractivity contribution in [2.45, 2.75) is 46.5 Å². The van der Waals surface area contributed by atoms with Gasteiger partial charge in [0.1, 0.15) is 0 Å². The first-order valence-corrected chi connectivity index (χ1v) is 9.00. The van der Waals surface area contributed by atoms with E-state index in [0.29, 0.717) is 25.7 Å². The summed E-state index contributed by atoms with van der Waals surface area (Å²) in [6.07, 6.45) is 5.03. The molecule has 0 aromatic carbocycles. The van der Waals surface area contributed by atoms with E-state index in [1.807, 2.05) is 10.8 Å². The van der Waals surface area contributed by atoms with Crippen LogP contribution in [-0.4, -0.2) is 26.4 Å². The van der Waals surface area contributed by atoms with Crippen molar-refractivity contribution in [3.05, 3.63) is 10.8 Å². The third-order valence-corrected chi connectivity index (χ3v) is 4.79. The Balaban J connectivity index is 1.76. The molecule has 1 atom stereocenters. The first-order chi connectivity index (χ1) is 10.2. The summed E-state index contributed by atoms with van der Waals surface area (Å²) in [5.41, 5.74) is -0.0697. The van der Waals surface area contributed by atoms with Crippen molar-refractivity contribution >= 4 is 11.3 Å². The van der Waals surface area contributed by atoms with E-state index in [2.05, 4.69) is 20.8 Å².